The van der Waals surface area contributed by atoms with Crippen LogP contribution >= 0.6 is 11.6 Å². The molecule has 1 amide bonds. The zero-order valence-corrected chi connectivity index (χ0v) is 16.9. The number of amides is 1. The molecule has 7 heteroatoms. The summed E-state index contributed by atoms with van der Waals surface area (Å²) in [6, 6.07) is 18.8. The average Bonchev–Trinajstić information content (AvgIpc) is 2.73. The number of aryl methyl sites for hydroxylation is 1. The summed E-state index contributed by atoms with van der Waals surface area (Å²) < 4.78 is 7.24. The van der Waals surface area contributed by atoms with E-state index >= 15 is 0 Å². The highest BCUT2D eigenvalue weighted by Crippen LogP contribution is 2.18. The first-order valence-electron chi connectivity index (χ1n) is 9.27. The van der Waals surface area contributed by atoms with E-state index in [0.29, 0.717) is 33.4 Å². The highest BCUT2D eigenvalue weighted by atomic mass is 35.5. The third-order valence-electron chi connectivity index (χ3n) is 4.48. The van der Waals surface area contributed by atoms with Crippen LogP contribution < -0.4 is 15.6 Å². The highest BCUT2D eigenvalue weighted by Gasteiger charge is 2.07. The van der Waals surface area contributed by atoms with Gasteiger partial charge in [-0.3, -0.25) is 14.0 Å². The lowest BCUT2D eigenvalue weighted by molar-refractivity contribution is 0.102. The Hall–Kier alpha value is -3.64. The molecule has 4 aromatic rings. The number of hydrogen-bond acceptors (Lipinski definition) is 4. The van der Waals surface area contributed by atoms with Gasteiger partial charge in [0, 0.05) is 28.5 Å². The van der Waals surface area contributed by atoms with Crippen LogP contribution in [-0.2, 0) is 6.61 Å². The lowest BCUT2D eigenvalue weighted by Crippen LogP contribution is -2.16. The molecule has 0 bridgehead atoms. The number of carbonyl (C=O) groups excluding carboxylic acids is 1. The molecule has 0 radical (unpaired) electrons. The summed E-state index contributed by atoms with van der Waals surface area (Å²) in [5.74, 6) is 0.377. The van der Waals surface area contributed by atoms with E-state index in [-0.39, 0.29) is 18.1 Å². The van der Waals surface area contributed by atoms with Crippen LogP contribution in [0.1, 0.15) is 21.6 Å². The van der Waals surface area contributed by atoms with E-state index in [4.69, 9.17) is 16.3 Å². The molecule has 2 aromatic heterocycles. The molecule has 0 aliphatic carbocycles. The van der Waals surface area contributed by atoms with E-state index in [2.05, 4.69) is 10.3 Å². The van der Waals surface area contributed by atoms with Crippen LogP contribution in [0.3, 0.4) is 0 Å². The summed E-state index contributed by atoms with van der Waals surface area (Å²) in [5.41, 5.74) is 3.16. The molecule has 0 unspecified atom stereocenters. The Bertz CT molecular complexity index is 1270. The van der Waals surface area contributed by atoms with Crippen LogP contribution in [0.2, 0.25) is 5.02 Å². The number of rotatable bonds is 5. The predicted molar refractivity (Wildman–Crippen MR) is 116 cm³/mol. The Labute approximate surface area is 177 Å². The monoisotopic (exact) mass is 419 g/mol. The van der Waals surface area contributed by atoms with Crippen molar-refractivity contribution in [2.75, 3.05) is 5.32 Å². The normalized spacial score (nSPS) is 10.7. The Morgan fingerprint density at radius 1 is 1.07 bits per heavy atom. The van der Waals surface area contributed by atoms with E-state index in [1.54, 1.807) is 54.7 Å². The Kier molecular flexibility index (Phi) is 5.50. The molecule has 0 aliphatic heterocycles. The second-order valence-corrected chi connectivity index (χ2v) is 7.23. The number of ether oxygens (including phenoxy) is 1. The fourth-order valence-corrected chi connectivity index (χ4v) is 3.05. The van der Waals surface area contributed by atoms with Crippen LogP contribution in [-0.4, -0.2) is 15.3 Å². The number of pyridine rings is 1. The second-order valence-electron chi connectivity index (χ2n) is 6.79. The van der Waals surface area contributed by atoms with Crippen molar-refractivity contribution in [1.29, 1.82) is 0 Å². The van der Waals surface area contributed by atoms with Gasteiger partial charge in [-0.15, -0.1) is 0 Å². The van der Waals surface area contributed by atoms with Gasteiger partial charge in [0.25, 0.3) is 11.5 Å². The standard InChI is InChI=1S/C23H18ClN3O3/c1-15-10-11-27-21(12-15)25-19(13-22(27)28)14-30-20-8-6-18(7-9-20)26-23(29)16-2-4-17(24)5-3-16/h2-13H,14H2,1H3,(H,26,29). The molecule has 4 rings (SSSR count). The molecule has 0 fully saturated rings. The van der Waals surface area contributed by atoms with Gasteiger partial charge in [-0.25, -0.2) is 4.98 Å². The van der Waals surface area contributed by atoms with Crippen LogP contribution in [0.25, 0.3) is 5.65 Å². The molecule has 0 aliphatic rings. The Balaban J connectivity index is 1.41. The van der Waals surface area contributed by atoms with Crippen molar-refractivity contribution < 1.29 is 9.53 Å². The molecule has 6 nitrogen and oxygen atoms in total. The molecule has 150 valence electrons. The SMILES string of the molecule is Cc1ccn2c(=O)cc(COc3ccc(NC(=O)c4ccc(Cl)cc4)cc3)nc2c1. The van der Waals surface area contributed by atoms with Gasteiger partial charge < -0.3 is 10.1 Å². The molecular formula is C23H18ClN3O3. The zero-order chi connectivity index (χ0) is 21.1. The van der Waals surface area contributed by atoms with Crippen LogP contribution in [0, 0.1) is 6.92 Å². The van der Waals surface area contributed by atoms with Gasteiger partial charge in [-0.1, -0.05) is 11.6 Å². The van der Waals surface area contributed by atoms with Gasteiger partial charge >= 0.3 is 0 Å². The van der Waals surface area contributed by atoms with Crippen LogP contribution in [0.5, 0.6) is 5.75 Å². The fraction of sp³-hybridized carbons (Fsp3) is 0.0870. The van der Waals surface area contributed by atoms with Gasteiger partial charge in [0.05, 0.1) is 5.69 Å². The number of nitrogens with one attached hydrogen (secondary N) is 1. The molecule has 1 N–H and O–H groups in total. The maximum Gasteiger partial charge on any atom is 0.258 e. The molecule has 0 atom stereocenters. The number of benzene rings is 2. The molecular weight excluding hydrogens is 402 g/mol. The van der Waals surface area contributed by atoms with E-state index in [1.165, 1.54) is 10.5 Å². The largest absolute Gasteiger partial charge is 0.487 e. The van der Waals surface area contributed by atoms with Crippen molar-refractivity contribution in [3.05, 3.63) is 105 Å². The zero-order valence-electron chi connectivity index (χ0n) is 16.1. The first kappa shape index (κ1) is 19.7. The number of halogens is 1. The third kappa shape index (κ3) is 4.50. The maximum atomic E-state index is 12.3. The van der Waals surface area contributed by atoms with Crippen molar-refractivity contribution in [3.63, 3.8) is 0 Å². The Morgan fingerprint density at radius 3 is 2.53 bits per heavy atom. The van der Waals surface area contributed by atoms with Gasteiger partial charge in [-0.05, 0) is 73.2 Å². The number of nitrogens with zero attached hydrogens (tertiary/aromatic N) is 2. The molecule has 0 spiro atoms. The molecule has 0 saturated carbocycles. The molecule has 0 saturated heterocycles. The minimum Gasteiger partial charge on any atom is -0.487 e. The molecule has 30 heavy (non-hydrogen) atoms. The summed E-state index contributed by atoms with van der Waals surface area (Å²) in [6.45, 7) is 2.11. The van der Waals surface area contributed by atoms with Crippen molar-refractivity contribution in [3.8, 4) is 5.75 Å². The van der Waals surface area contributed by atoms with Crippen molar-refractivity contribution in [1.82, 2.24) is 9.38 Å². The lowest BCUT2D eigenvalue weighted by atomic mass is 10.2. The molecule has 2 heterocycles. The average molecular weight is 420 g/mol. The number of aromatic nitrogens is 2. The highest BCUT2D eigenvalue weighted by molar-refractivity contribution is 6.30. The summed E-state index contributed by atoms with van der Waals surface area (Å²) in [7, 11) is 0. The van der Waals surface area contributed by atoms with Gasteiger partial charge in [0.2, 0.25) is 0 Å². The van der Waals surface area contributed by atoms with E-state index in [1.807, 2.05) is 19.1 Å². The number of carbonyl (C=O) groups is 1. The van der Waals surface area contributed by atoms with E-state index in [9.17, 15) is 9.59 Å². The van der Waals surface area contributed by atoms with Crippen molar-refractivity contribution in [2.45, 2.75) is 13.5 Å². The van der Waals surface area contributed by atoms with E-state index < -0.39 is 0 Å². The molecule has 2 aromatic carbocycles. The minimum absolute atomic E-state index is 0.154. The van der Waals surface area contributed by atoms with Gasteiger partial charge in [0.15, 0.2) is 0 Å². The lowest BCUT2D eigenvalue weighted by Gasteiger charge is -2.09. The first-order chi connectivity index (χ1) is 14.5. The topological polar surface area (TPSA) is 72.7 Å². The third-order valence-corrected chi connectivity index (χ3v) is 4.73. The summed E-state index contributed by atoms with van der Waals surface area (Å²) in [6.07, 6.45) is 1.71. The summed E-state index contributed by atoms with van der Waals surface area (Å²) in [4.78, 5) is 29.0. The quantitative estimate of drug-likeness (QED) is 0.517. The van der Waals surface area contributed by atoms with Gasteiger partial charge in [0.1, 0.15) is 18.0 Å². The van der Waals surface area contributed by atoms with Crippen LogP contribution in [0.15, 0.2) is 77.7 Å². The maximum absolute atomic E-state index is 12.3. The number of hydrogen-bond donors (Lipinski definition) is 1. The number of fused-ring (bicyclic) bond motifs is 1. The smallest absolute Gasteiger partial charge is 0.258 e. The van der Waals surface area contributed by atoms with E-state index in [0.717, 1.165) is 5.56 Å². The van der Waals surface area contributed by atoms with Crippen molar-refractivity contribution in [2.24, 2.45) is 0 Å². The first-order valence-corrected chi connectivity index (χ1v) is 9.64. The summed E-state index contributed by atoms with van der Waals surface area (Å²) >= 11 is 5.84. The summed E-state index contributed by atoms with van der Waals surface area (Å²) in [5, 5.41) is 3.39. The van der Waals surface area contributed by atoms with Crippen molar-refractivity contribution >= 4 is 28.8 Å². The fourth-order valence-electron chi connectivity index (χ4n) is 2.92. The minimum atomic E-state index is -0.225. The van der Waals surface area contributed by atoms with Gasteiger partial charge in [-0.2, -0.15) is 0 Å². The number of anilines is 1. The Morgan fingerprint density at radius 2 is 1.80 bits per heavy atom. The second kappa shape index (κ2) is 8.39. The van der Waals surface area contributed by atoms with Crippen LogP contribution in [0.4, 0.5) is 5.69 Å². The predicted octanol–water partition coefficient (Wildman–Crippen LogP) is 4.49.